The van der Waals surface area contributed by atoms with Crippen molar-refractivity contribution >= 4 is 11.7 Å². The molecule has 4 aromatic rings. The van der Waals surface area contributed by atoms with Crippen LogP contribution in [0.2, 0.25) is 0 Å². The van der Waals surface area contributed by atoms with Crippen molar-refractivity contribution in [3.05, 3.63) is 107 Å². The highest BCUT2D eigenvalue weighted by atomic mass is 16.6. The summed E-state index contributed by atoms with van der Waals surface area (Å²) in [7, 11) is 1.64. The van der Waals surface area contributed by atoms with E-state index in [1.54, 1.807) is 13.3 Å². The minimum absolute atomic E-state index is 0.128. The maximum absolute atomic E-state index is 12.8. The quantitative estimate of drug-likeness (QED) is 0.382. The number of nitrogens with zero attached hydrogens (tertiary/aromatic N) is 2. The molecule has 1 N–H and O–H groups in total. The van der Waals surface area contributed by atoms with E-state index < -0.39 is 0 Å². The molecular formula is C28H25N3O3. The number of hydrogen-bond acceptors (Lipinski definition) is 5. The van der Waals surface area contributed by atoms with Gasteiger partial charge < -0.3 is 14.8 Å². The van der Waals surface area contributed by atoms with Crippen LogP contribution in [0.4, 0.5) is 5.82 Å². The molecular weight excluding hydrogens is 426 g/mol. The fourth-order valence-electron chi connectivity index (χ4n) is 3.80. The molecule has 1 fully saturated rings. The Hall–Kier alpha value is -4.03. The second-order valence-corrected chi connectivity index (χ2v) is 8.23. The number of carbonyl (C=O) groups excluding carboxylic acids is 1. The summed E-state index contributed by atoms with van der Waals surface area (Å²) in [4.78, 5) is 22.3. The summed E-state index contributed by atoms with van der Waals surface area (Å²) in [6.07, 6.45) is 2.72. The van der Waals surface area contributed by atoms with Crippen molar-refractivity contribution in [2.24, 2.45) is 0 Å². The normalized spacial score (nSPS) is 14.4. The van der Waals surface area contributed by atoms with Gasteiger partial charge in [0.05, 0.1) is 37.7 Å². The Balaban J connectivity index is 1.37. The van der Waals surface area contributed by atoms with Crippen LogP contribution in [0.5, 0.6) is 5.75 Å². The molecule has 1 unspecified atom stereocenters. The first-order valence-corrected chi connectivity index (χ1v) is 11.2. The van der Waals surface area contributed by atoms with Crippen molar-refractivity contribution < 1.29 is 14.3 Å². The smallest absolute Gasteiger partial charge is 0.229 e. The Morgan fingerprint density at radius 1 is 1.00 bits per heavy atom. The van der Waals surface area contributed by atoms with E-state index in [-0.39, 0.29) is 18.4 Å². The minimum Gasteiger partial charge on any atom is -0.497 e. The first kappa shape index (κ1) is 21.8. The van der Waals surface area contributed by atoms with Crippen molar-refractivity contribution in [1.29, 1.82) is 0 Å². The number of aromatic nitrogens is 2. The maximum atomic E-state index is 12.8. The van der Waals surface area contributed by atoms with Gasteiger partial charge in [0, 0.05) is 12.0 Å². The first-order chi connectivity index (χ1) is 16.7. The average Bonchev–Trinajstić information content (AvgIpc) is 3.72. The number of anilines is 1. The zero-order chi connectivity index (χ0) is 23.3. The lowest BCUT2D eigenvalue weighted by atomic mass is 10.1. The van der Waals surface area contributed by atoms with Crippen LogP contribution in [-0.2, 0) is 22.4 Å². The highest BCUT2D eigenvalue weighted by Crippen LogP contribution is 2.29. The lowest BCUT2D eigenvalue weighted by Gasteiger charge is -2.12. The van der Waals surface area contributed by atoms with Gasteiger partial charge in [-0.3, -0.25) is 4.79 Å². The van der Waals surface area contributed by atoms with Crippen LogP contribution in [0.3, 0.4) is 0 Å². The van der Waals surface area contributed by atoms with Gasteiger partial charge in [0.25, 0.3) is 0 Å². The third-order valence-electron chi connectivity index (χ3n) is 5.75. The largest absolute Gasteiger partial charge is 0.497 e. The molecule has 1 aliphatic rings. The number of nitrogens with one attached hydrogen (secondary N) is 1. The Bertz CT molecular complexity index is 1270. The van der Waals surface area contributed by atoms with Gasteiger partial charge in [-0.15, -0.1) is 0 Å². The lowest BCUT2D eigenvalue weighted by molar-refractivity contribution is -0.115. The van der Waals surface area contributed by atoms with Crippen molar-refractivity contribution in [1.82, 2.24) is 9.97 Å². The summed E-state index contributed by atoms with van der Waals surface area (Å²) in [5.74, 6) is 1.13. The monoisotopic (exact) mass is 451 g/mol. The second kappa shape index (κ2) is 9.85. The van der Waals surface area contributed by atoms with Crippen LogP contribution in [0, 0.1) is 0 Å². The molecule has 1 saturated heterocycles. The molecule has 170 valence electrons. The van der Waals surface area contributed by atoms with E-state index in [2.05, 4.69) is 10.3 Å². The summed E-state index contributed by atoms with van der Waals surface area (Å²) >= 11 is 0. The van der Waals surface area contributed by atoms with Gasteiger partial charge in [-0.25, -0.2) is 9.97 Å². The number of benzene rings is 3. The van der Waals surface area contributed by atoms with Crippen molar-refractivity contribution in [3.8, 4) is 17.0 Å². The van der Waals surface area contributed by atoms with Crippen molar-refractivity contribution in [3.63, 3.8) is 0 Å². The predicted molar refractivity (Wildman–Crippen MR) is 131 cm³/mol. The average molecular weight is 452 g/mol. The molecule has 34 heavy (non-hydrogen) atoms. The van der Waals surface area contributed by atoms with Gasteiger partial charge in [0.2, 0.25) is 5.91 Å². The van der Waals surface area contributed by atoms with Gasteiger partial charge in [-0.1, -0.05) is 54.6 Å². The summed E-state index contributed by atoms with van der Waals surface area (Å²) in [5.41, 5.74) is 5.57. The van der Waals surface area contributed by atoms with E-state index in [9.17, 15) is 4.79 Å². The molecule has 1 amide bonds. The Kier molecular flexibility index (Phi) is 6.31. The Morgan fingerprint density at radius 2 is 1.74 bits per heavy atom. The van der Waals surface area contributed by atoms with Crippen molar-refractivity contribution in [2.45, 2.75) is 18.9 Å². The Morgan fingerprint density at radius 3 is 2.41 bits per heavy atom. The third-order valence-corrected chi connectivity index (χ3v) is 5.75. The lowest BCUT2D eigenvalue weighted by Crippen LogP contribution is -2.17. The molecule has 6 heteroatoms. The fraction of sp³-hybridized carbons (Fsp3) is 0.179. The molecule has 1 aromatic heterocycles. The van der Waals surface area contributed by atoms with E-state index in [1.807, 2.05) is 78.9 Å². The summed E-state index contributed by atoms with van der Waals surface area (Å²) in [5, 5.41) is 2.97. The molecule has 0 radical (unpaired) electrons. The number of hydrogen-bond donors (Lipinski definition) is 1. The zero-order valence-corrected chi connectivity index (χ0v) is 18.9. The van der Waals surface area contributed by atoms with Crippen LogP contribution in [0.25, 0.3) is 11.3 Å². The Labute approximate surface area is 198 Å². The summed E-state index contributed by atoms with van der Waals surface area (Å²) < 4.78 is 10.6. The second-order valence-electron chi connectivity index (χ2n) is 8.23. The van der Waals surface area contributed by atoms with Gasteiger partial charge >= 0.3 is 0 Å². The number of rotatable bonds is 8. The zero-order valence-electron chi connectivity index (χ0n) is 18.9. The number of epoxide rings is 1. The van der Waals surface area contributed by atoms with Crippen LogP contribution in [-0.4, -0.2) is 29.6 Å². The fourth-order valence-corrected chi connectivity index (χ4v) is 3.80. The number of amides is 1. The number of carbonyl (C=O) groups is 1. The first-order valence-electron chi connectivity index (χ1n) is 11.2. The molecule has 5 rings (SSSR count). The highest BCUT2D eigenvalue weighted by Gasteiger charge is 2.24. The maximum Gasteiger partial charge on any atom is 0.229 e. The molecule has 2 heterocycles. The highest BCUT2D eigenvalue weighted by molar-refractivity contribution is 5.92. The SMILES string of the molecule is COc1ccc(-c2cnc(NC(=O)Cc3ccc(C4CO4)cc3)c(Cc3ccccc3)n2)cc1. The molecule has 0 bridgehead atoms. The van der Waals surface area contributed by atoms with Gasteiger partial charge in [-0.2, -0.15) is 0 Å². The molecule has 0 spiro atoms. The minimum atomic E-state index is -0.128. The molecule has 1 aliphatic heterocycles. The van der Waals surface area contributed by atoms with Crippen LogP contribution < -0.4 is 10.1 Å². The molecule has 3 aromatic carbocycles. The van der Waals surface area contributed by atoms with Gasteiger partial charge in [-0.05, 0) is 41.0 Å². The van der Waals surface area contributed by atoms with E-state index >= 15 is 0 Å². The predicted octanol–water partition coefficient (Wildman–Crippen LogP) is 5.00. The van der Waals surface area contributed by atoms with Crippen molar-refractivity contribution in [2.75, 3.05) is 19.0 Å². The number of ether oxygens (including phenoxy) is 2. The van der Waals surface area contributed by atoms with E-state index in [0.717, 1.165) is 40.3 Å². The third kappa shape index (κ3) is 5.30. The standard InChI is InChI=1S/C28H25N3O3/c1-33-23-13-11-21(12-14-23)25-17-29-28(24(30-25)15-19-5-3-2-4-6-19)31-27(32)16-20-7-9-22(10-8-20)26-18-34-26/h2-14,17,26H,15-16,18H2,1H3,(H,29,31,32). The van der Waals surface area contributed by atoms with Gasteiger partial charge in [0.15, 0.2) is 5.82 Å². The topological polar surface area (TPSA) is 76.6 Å². The number of methoxy groups -OCH3 is 1. The van der Waals surface area contributed by atoms with Crippen LogP contribution in [0.1, 0.15) is 28.5 Å². The van der Waals surface area contributed by atoms with E-state index in [4.69, 9.17) is 14.5 Å². The van der Waals surface area contributed by atoms with Crippen LogP contribution >= 0.6 is 0 Å². The van der Waals surface area contributed by atoms with Gasteiger partial charge in [0.1, 0.15) is 11.9 Å². The van der Waals surface area contributed by atoms with E-state index in [1.165, 1.54) is 0 Å². The molecule has 0 saturated carbocycles. The summed E-state index contributed by atoms with van der Waals surface area (Å²) in [6, 6.07) is 25.7. The summed E-state index contributed by atoms with van der Waals surface area (Å²) in [6.45, 7) is 0.773. The molecule has 0 aliphatic carbocycles. The van der Waals surface area contributed by atoms with E-state index in [0.29, 0.717) is 17.9 Å². The molecule has 6 nitrogen and oxygen atoms in total. The molecule has 1 atom stereocenters. The van der Waals surface area contributed by atoms with Crippen LogP contribution in [0.15, 0.2) is 85.1 Å².